The number of nitrogens with zero attached hydrogens (tertiary/aromatic N) is 2. The van der Waals surface area contributed by atoms with E-state index in [9.17, 15) is 8.42 Å². The van der Waals surface area contributed by atoms with Crippen LogP contribution in [-0.4, -0.2) is 28.7 Å². The van der Waals surface area contributed by atoms with Crippen LogP contribution in [0.3, 0.4) is 0 Å². The van der Waals surface area contributed by atoms with Crippen molar-refractivity contribution in [2.75, 3.05) is 5.75 Å². The molecule has 0 aromatic carbocycles. The second-order valence-electron chi connectivity index (χ2n) is 5.26. The molecule has 0 unspecified atom stereocenters. The van der Waals surface area contributed by atoms with Crippen LogP contribution in [0.5, 0.6) is 0 Å². The van der Waals surface area contributed by atoms with Gasteiger partial charge in [-0.3, -0.25) is 4.68 Å². The smallest absolute Gasteiger partial charge is 0.157 e. The highest BCUT2D eigenvalue weighted by atomic mass is 32.2. The van der Waals surface area contributed by atoms with Crippen LogP contribution >= 0.6 is 0 Å². The molecular weight excluding hydrogens is 238 g/mol. The summed E-state index contributed by atoms with van der Waals surface area (Å²) in [4.78, 5) is 0. The Balaban J connectivity index is 2.68. The fourth-order valence-corrected chi connectivity index (χ4v) is 2.30. The van der Waals surface area contributed by atoms with Crippen LogP contribution in [0.4, 0.5) is 0 Å². The third-order valence-electron chi connectivity index (χ3n) is 2.70. The molecule has 0 saturated carbocycles. The Morgan fingerprint density at radius 1 is 1.47 bits per heavy atom. The van der Waals surface area contributed by atoms with Gasteiger partial charge in [-0.2, -0.15) is 5.10 Å². The fraction of sp³-hybridized carbons (Fsp3) is 0.727. The van der Waals surface area contributed by atoms with Gasteiger partial charge < -0.3 is 5.73 Å². The molecule has 0 aliphatic carbocycles. The minimum absolute atomic E-state index is 0.0806. The molecule has 1 aromatic heterocycles. The zero-order chi connectivity index (χ0) is 13.3. The third kappa shape index (κ3) is 3.54. The minimum Gasteiger partial charge on any atom is -0.324 e. The summed E-state index contributed by atoms with van der Waals surface area (Å²) in [5.41, 5.74) is 6.62. The molecule has 1 atom stereocenters. The lowest BCUT2D eigenvalue weighted by atomic mass is 10.2. The maximum absolute atomic E-state index is 11.9. The molecule has 98 valence electrons. The van der Waals surface area contributed by atoms with E-state index in [2.05, 4.69) is 5.10 Å². The number of aryl methyl sites for hydroxylation is 1. The fourth-order valence-electron chi connectivity index (χ4n) is 1.26. The lowest BCUT2D eigenvalue weighted by molar-refractivity contribution is 0.548. The van der Waals surface area contributed by atoms with Crippen molar-refractivity contribution < 1.29 is 8.42 Å². The molecule has 0 fully saturated rings. The molecular formula is C11H21N3O2S. The van der Waals surface area contributed by atoms with Crippen LogP contribution in [0.2, 0.25) is 0 Å². The average Bonchev–Trinajstić information content (AvgIpc) is 2.61. The van der Waals surface area contributed by atoms with E-state index in [1.165, 1.54) is 0 Å². The van der Waals surface area contributed by atoms with Gasteiger partial charge in [0, 0.05) is 17.8 Å². The average molecular weight is 259 g/mol. The molecule has 5 nitrogen and oxygen atoms in total. The largest absolute Gasteiger partial charge is 0.324 e. The molecule has 0 saturated heterocycles. The molecule has 0 bridgehead atoms. The summed E-state index contributed by atoms with van der Waals surface area (Å²) >= 11 is 0. The molecule has 0 spiro atoms. The molecule has 1 heterocycles. The van der Waals surface area contributed by atoms with E-state index < -0.39 is 14.6 Å². The van der Waals surface area contributed by atoms with Crippen LogP contribution in [-0.2, 0) is 16.4 Å². The molecule has 6 heteroatoms. The number of rotatable bonds is 4. The molecule has 2 N–H and O–H groups in total. The lowest BCUT2D eigenvalue weighted by Gasteiger charge is -2.18. The quantitative estimate of drug-likeness (QED) is 0.878. The van der Waals surface area contributed by atoms with Crippen molar-refractivity contribution >= 4 is 9.84 Å². The van der Waals surface area contributed by atoms with Crippen molar-refractivity contribution in [2.45, 2.75) is 45.0 Å². The summed E-state index contributed by atoms with van der Waals surface area (Å²) in [5.74, 6) is 0.0938. The van der Waals surface area contributed by atoms with Gasteiger partial charge in [-0.1, -0.05) is 0 Å². The Bertz CT molecular complexity index is 469. The number of sulfone groups is 1. The molecule has 0 aliphatic heterocycles. The van der Waals surface area contributed by atoms with Gasteiger partial charge >= 0.3 is 0 Å². The summed E-state index contributed by atoms with van der Waals surface area (Å²) < 4.78 is 24.7. The van der Waals surface area contributed by atoms with Crippen molar-refractivity contribution in [3.8, 4) is 0 Å². The van der Waals surface area contributed by atoms with Crippen molar-refractivity contribution in [2.24, 2.45) is 5.73 Å². The van der Waals surface area contributed by atoms with Crippen LogP contribution in [0.25, 0.3) is 0 Å². The van der Waals surface area contributed by atoms with Crippen LogP contribution < -0.4 is 5.73 Å². The van der Waals surface area contributed by atoms with Crippen molar-refractivity contribution in [1.29, 1.82) is 0 Å². The van der Waals surface area contributed by atoms with Gasteiger partial charge in [-0.05, 0) is 27.7 Å². The first-order valence-corrected chi connectivity index (χ1v) is 7.29. The maximum atomic E-state index is 11.9. The number of nitrogens with two attached hydrogens (primary N) is 1. The van der Waals surface area contributed by atoms with Crippen LogP contribution in [0, 0.1) is 0 Å². The summed E-state index contributed by atoms with van der Waals surface area (Å²) in [6.45, 7) is 7.36. The van der Waals surface area contributed by atoms with Crippen LogP contribution in [0.15, 0.2) is 12.4 Å². The summed E-state index contributed by atoms with van der Waals surface area (Å²) in [7, 11) is -3.10. The van der Waals surface area contributed by atoms with E-state index in [-0.39, 0.29) is 11.8 Å². The van der Waals surface area contributed by atoms with Gasteiger partial charge in [0.25, 0.3) is 0 Å². The topological polar surface area (TPSA) is 78.0 Å². The summed E-state index contributed by atoms with van der Waals surface area (Å²) in [6, 6.07) is -0.0806. The molecule has 1 rings (SSSR count). The first-order valence-electron chi connectivity index (χ1n) is 5.64. The van der Waals surface area contributed by atoms with Crippen LogP contribution in [0.1, 0.15) is 39.3 Å². The second kappa shape index (κ2) is 4.78. The SMILES string of the molecule is C[C@H](N)c1cnn(CCS(=O)(=O)C(C)(C)C)c1. The zero-order valence-corrected chi connectivity index (χ0v) is 11.7. The van der Waals surface area contributed by atoms with Gasteiger partial charge in [-0.15, -0.1) is 0 Å². The summed E-state index contributed by atoms with van der Waals surface area (Å²) in [6.07, 6.45) is 3.47. The Morgan fingerprint density at radius 3 is 2.47 bits per heavy atom. The molecule has 0 radical (unpaired) electrons. The van der Waals surface area contributed by atoms with Crippen molar-refractivity contribution in [3.05, 3.63) is 18.0 Å². The van der Waals surface area contributed by atoms with Gasteiger partial charge in [0.1, 0.15) is 0 Å². The van der Waals surface area contributed by atoms with E-state index in [4.69, 9.17) is 5.73 Å². The second-order valence-corrected chi connectivity index (χ2v) is 8.12. The normalized spacial score (nSPS) is 14.9. The highest BCUT2D eigenvalue weighted by Gasteiger charge is 2.28. The van der Waals surface area contributed by atoms with Gasteiger partial charge in [0.15, 0.2) is 9.84 Å². The molecule has 17 heavy (non-hydrogen) atoms. The lowest BCUT2D eigenvalue weighted by Crippen LogP contribution is -2.32. The number of aromatic nitrogens is 2. The Labute approximate surface area is 103 Å². The Morgan fingerprint density at radius 2 is 2.06 bits per heavy atom. The van der Waals surface area contributed by atoms with Crippen molar-refractivity contribution in [3.63, 3.8) is 0 Å². The maximum Gasteiger partial charge on any atom is 0.157 e. The predicted octanol–water partition coefficient (Wildman–Crippen LogP) is 1.12. The monoisotopic (exact) mass is 259 g/mol. The van der Waals surface area contributed by atoms with Gasteiger partial charge in [0.05, 0.1) is 23.2 Å². The standard InChI is InChI=1S/C11H21N3O2S/c1-9(12)10-7-13-14(8-10)5-6-17(15,16)11(2,3)4/h7-9H,5-6,12H2,1-4H3/t9-/m0/s1. The Hall–Kier alpha value is -0.880. The Kier molecular flexibility index (Phi) is 3.99. The highest BCUT2D eigenvalue weighted by Crippen LogP contribution is 2.16. The van der Waals surface area contributed by atoms with E-state index in [0.717, 1.165) is 5.56 Å². The van der Waals surface area contributed by atoms with E-state index >= 15 is 0 Å². The predicted molar refractivity (Wildman–Crippen MR) is 68.4 cm³/mol. The van der Waals surface area contributed by atoms with Gasteiger partial charge in [-0.25, -0.2) is 8.42 Å². The van der Waals surface area contributed by atoms with E-state index in [1.807, 2.05) is 6.92 Å². The first kappa shape index (κ1) is 14.2. The summed E-state index contributed by atoms with van der Waals surface area (Å²) in [5, 5.41) is 4.09. The zero-order valence-electron chi connectivity index (χ0n) is 10.8. The number of hydrogen-bond acceptors (Lipinski definition) is 4. The van der Waals surface area contributed by atoms with E-state index in [1.54, 1.807) is 37.8 Å². The van der Waals surface area contributed by atoms with E-state index in [0.29, 0.717) is 6.54 Å². The third-order valence-corrected chi connectivity index (χ3v) is 5.29. The molecule has 0 aliphatic rings. The van der Waals surface area contributed by atoms with Crippen molar-refractivity contribution in [1.82, 2.24) is 9.78 Å². The first-order chi connectivity index (χ1) is 7.63. The molecule has 1 aromatic rings. The molecule has 0 amide bonds. The number of hydrogen-bond donors (Lipinski definition) is 1. The highest BCUT2D eigenvalue weighted by molar-refractivity contribution is 7.92. The minimum atomic E-state index is -3.10. The van der Waals surface area contributed by atoms with Gasteiger partial charge in [0.2, 0.25) is 0 Å².